The van der Waals surface area contributed by atoms with E-state index in [9.17, 15) is 0 Å². The highest BCUT2D eigenvalue weighted by atomic mass is 35.5. The van der Waals surface area contributed by atoms with Crippen LogP contribution in [-0.2, 0) is 11.1 Å². The van der Waals surface area contributed by atoms with Crippen LogP contribution in [0, 0.1) is 0 Å². The molecule has 0 radical (unpaired) electrons. The van der Waals surface area contributed by atoms with Crippen molar-refractivity contribution in [1.82, 2.24) is 4.98 Å². The Morgan fingerprint density at radius 1 is 1.50 bits per heavy atom. The van der Waals surface area contributed by atoms with Gasteiger partial charge in [0.25, 0.3) is 0 Å². The molecule has 0 bridgehead atoms. The summed E-state index contributed by atoms with van der Waals surface area (Å²) in [5.41, 5.74) is 1.01. The lowest BCUT2D eigenvalue weighted by molar-refractivity contribution is 0.361. The third-order valence-electron chi connectivity index (χ3n) is 1.04. The molecule has 0 aliphatic heterocycles. The maximum absolute atomic E-state index is 5.55. The van der Waals surface area contributed by atoms with Gasteiger partial charge in [-0.15, -0.1) is 0 Å². The van der Waals surface area contributed by atoms with E-state index < -0.39 is 0 Å². The summed E-state index contributed by atoms with van der Waals surface area (Å²) < 4.78 is 4.80. The van der Waals surface area contributed by atoms with E-state index in [-0.39, 0.29) is 0 Å². The number of pyridine rings is 1. The van der Waals surface area contributed by atoms with Crippen molar-refractivity contribution in [3.05, 3.63) is 29.0 Å². The third-order valence-corrected chi connectivity index (χ3v) is 1.43. The van der Waals surface area contributed by atoms with Crippen LogP contribution >= 0.6 is 21.1 Å². The minimum absolute atomic E-state index is 0.507. The molecule has 1 aromatic heterocycles. The van der Waals surface area contributed by atoms with E-state index in [1.54, 1.807) is 12.3 Å². The van der Waals surface area contributed by atoms with Crippen LogP contribution in [0.3, 0.4) is 0 Å². The van der Waals surface area contributed by atoms with Crippen molar-refractivity contribution in [3.8, 4) is 0 Å². The van der Waals surface area contributed by atoms with Gasteiger partial charge in [-0.2, -0.15) is 0 Å². The normalized spacial score (nSPS) is 8.67. The van der Waals surface area contributed by atoms with Crippen LogP contribution < -0.4 is 0 Å². The van der Waals surface area contributed by atoms with Crippen LogP contribution in [0.15, 0.2) is 18.3 Å². The number of aromatic nitrogens is 1. The van der Waals surface area contributed by atoms with Crippen molar-refractivity contribution in [3.63, 3.8) is 0 Å². The monoisotopic (exact) mass is 205 g/mol. The maximum Gasteiger partial charge on any atom is 0.129 e. The van der Waals surface area contributed by atoms with Crippen LogP contribution in [0.5, 0.6) is 0 Å². The molecule has 68 valence electrons. The number of nitrogens with zero attached hydrogens (tertiary/aromatic N) is 1. The Balaban J connectivity index is 0.000000561. The summed E-state index contributed by atoms with van der Waals surface area (Å²) in [6.07, 6.45) is 1.69. The van der Waals surface area contributed by atoms with Gasteiger partial charge < -0.3 is 4.52 Å². The van der Waals surface area contributed by atoms with Crippen LogP contribution in [-0.4, -0.2) is 4.98 Å². The van der Waals surface area contributed by atoms with Crippen molar-refractivity contribution in [2.75, 3.05) is 0 Å². The molecule has 12 heavy (non-hydrogen) atoms. The number of hydrogen-bond acceptors (Lipinski definition) is 2. The zero-order chi connectivity index (χ0) is 9.40. The molecular formula is C8H13ClNOP. The van der Waals surface area contributed by atoms with Gasteiger partial charge in [0.1, 0.15) is 5.15 Å². The highest BCUT2D eigenvalue weighted by molar-refractivity contribution is 7.09. The molecule has 1 aromatic rings. The Morgan fingerprint density at radius 3 is 2.58 bits per heavy atom. The molecule has 0 aliphatic carbocycles. The fourth-order valence-corrected chi connectivity index (χ4v) is 0.892. The molecule has 1 atom stereocenters. The molecule has 2 nitrogen and oxygen atoms in total. The van der Waals surface area contributed by atoms with E-state index in [1.807, 2.05) is 19.9 Å². The topological polar surface area (TPSA) is 22.1 Å². The highest BCUT2D eigenvalue weighted by Gasteiger charge is 1.90. The quantitative estimate of drug-likeness (QED) is 0.547. The van der Waals surface area contributed by atoms with Gasteiger partial charge in [0.05, 0.1) is 6.61 Å². The average Bonchev–Trinajstić information content (AvgIpc) is 2.13. The van der Waals surface area contributed by atoms with Crippen molar-refractivity contribution < 1.29 is 4.52 Å². The molecule has 1 heterocycles. The first-order valence-corrected chi connectivity index (χ1v) is 4.60. The minimum atomic E-state index is 0.507. The molecule has 0 saturated carbocycles. The summed E-state index contributed by atoms with van der Waals surface area (Å²) in [6.45, 7) is 4.55. The summed E-state index contributed by atoms with van der Waals surface area (Å²) in [5, 5.41) is 0.507. The predicted molar refractivity (Wildman–Crippen MR) is 55.1 cm³/mol. The Morgan fingerprint density at radius 2 is 2.17 bits per heavy atom. The van der Waals surface area contributed by atoms with E-state index in [2.05, 4.69) is 14.5 Å². The fourth-order valence-electron chi connectivity index (χ4n) is 0.588. The molecule has 0 aliphatic rings. The van der Waals surface area contributed by atoms with Crippen LogP contribution in [0.1, 0.15) is 19.4 Å². The SMILES string of the molecule is CC.POCc1ccc(Cl)nc1. The summed E-state index contributed by atoms with van der Waals surface area (Å²) in [6, 6.07) is 3.61. The summed E-state index contributed by atoms with van der Waals surface area (Å²) in [4.78, 5) is 3.87. The molecule has 1 unspecified atom stereocenters. The van der Waals surface area contributed by atoms with Gasteiger partial charge in [-0.3, -0.25) is 0 Å². The summed E-state index contributed by atoms with van der Waals surface area (Å²) in [7, 11) is 2.18. The lowest BCUT2D eigenvalue weighted by Crippen LogP contribution is -1.84. The predicted octanol–water partition coefficient (Wildman–Crippen LogP) is 3.07. The van der Waals surface area contributed by atoms with E-state index in [1.165, 1.54) is 0 Å². The number of hydrogen-bond donors (Lipinski definition) is 0. The van der Waals surface area contributed by atoms with Crippen LogP contribution in [0.2, 0.25) is 5.15 Å². The molecule has 0 amide bonds. The largest absolute Gasteiger partial charge is 0.361 e. The average molecular weight is 206 g/mol. The maximum atomic E-state index is 5.55. The first-order chi connectivity index (χ1) is 5.83. The third kappa shape index (κ3) is 4.66. The lowest BCUT2D eigenvalue weighted by Gasteiger charge is -1.96. The first kappa shape index (κ1) is 11.8. The summed E-state index contributed by atoms with van der Waals surface area (Å²) >= 11 is 5.55. The highest BCUT2D eigenvalue weighted by Crippen LogP contribution is 2.06. The van der Waals surface area contributed by atoms with Gasteiger partial charge in [0.2, 0.25) is 0 Å². The lowest BCUT2D eigenvalue weighted by atomic mass is 10.3. The van der Waals surface area contributed by atoms with Gasteiger partial charge in [0.15, 0.2) is 0 Å². The fraction of sp³-hybridized carbons (Fsp3) is 0.375. The Bertz CT molecular complexity index is 203. The van der Waals surface area contributed by atoms with Gasteiger partial charge in [-0.05, 0) is 11.6 Å². The second-order valence-corrected chi connectivity index (χ2v) is 2.52. The first-order valence-electron chi connectivity index (χ1n) is 3.75. The zero-order valence-corrected chi connectivity index (χ0v) is 9.16. The standard InChI is InChI=1S/C6H7ClNOP.C2H6/c7-6-2-1-5(3-8-6)4-9-10;1-2/h1-3H,4,10H2;1-2H3. The van der Waals surface area contributed by atoms with Crippen molar-refractivity contribution in [1.29, 1.82) is 0 Å². The van der Waals surface area contributed by atoms with Crippen molar-refractivity contribution >= 4 is 21.1 Å². The molecule has 0 saturated heterocycles. The Labute approximate surface area is 80.6 Å². The number of rotatable bonds is 2. The number of halogens is 1. The molecule has 0 spiro atoms. The Hall–Kier alpha value is -0.170. The Kier molecular flexibility index (Phi) is 7.37. The van der Waals surface area contributed by atoms with Crippen LogP contribution in [0.25, 0.3) is 0 Å². The smallest absolute Gasteiger partial charge is 0.129 e. The van der Waals surface area contributed by atoms with E-state index >= 15 is 0 Å². The van der Waals surface area contributed by atoms with Crippen molar-refractivity contribution in [2.45, 2.75) is 20.5 Å². The second-order valence-electron chi connectivity index (χ2n) is 1.80. The minimum Gasteiger partial charge on any atom is -0.361 e. The van der Waals surface area contributed by atoms with Crippen molar-refractivity contribution in [2.24, 2.45) is 0 Å². The van der Waals surface area contributed by atoms with Gasteiger partial charge >= 0.3 is 0 Å². The van der Waals surface area contributed by atoms with Gasteiger partial charge in [0, 0.05) is 15.7 Å². The van der Waals surface area contributed by atoms with E-state index in [0.29, 0.717) is 11.8 Å². The second kappa shape index (κ2) is 7.48. The molecule has 1 rings (SSSR count). The molecule has 0 N–H and O–H groups in total. The molecule has 4 heteroatoms. The molecule has 0 aromatic carbocycles. The van der Waals surface area contributed by atoms with Gasteiger partial charge in [-0.25, -0.2) is 4.98 Å². The van der Waals surface area contributed by atoms with E-state index in [4.69, 9.17) is 16.1 Å². The molecule has 0 fully saturated rings. The van der Waals surface area contributed by atoms with Crippen LogP contribution in [0.4, 0.5) is 0 Å². The van der Waals surface area contributed by atoms with E-state index in [0.717, 1.165) is 5.56 Å². The summed E-state index contributed by atoms with van der Waals surface area (Å²) in [5.74, 6) is 0. The van der Waals surface area contributed by atoms with Gasteiger partial charge in [-0.1, -0.05) is 31.5 Å². The zero-order valence-electron chi connectivity index (χ0n) is 7.25. The molecular weight excluding hydrogens is 193 g/mol.